The number of nitrogens with zero attached hydrogens (tertiary/aromatic N) is 1. The van der Waals surface area contributed by atoms with Gasteiger partial charge in [0.2, 0.25) is 5.91 Å². The molecule has 1 unspecified atom stereocenters. The normalized spacial score (nSPS) is 11.6. The van der Waals surface area contributed by atoms with Gasteiger partial charge < -0.3 is 15.0 Å². The molecule has 0 saturated carbocycles. The van der Waals surface area contributed by atoms with Gasteiger partial charge in [0.25, 0.3) is 5.91 Å². The summed E-state index contributed by atoms with van der Waals surface area (Å²) >= 11 is 14.2. The van der Waals surface area contributed by atoms with Crippen molar-refractivity contribution in [1.82, 2.24) is 10.2 Å². The van der Waals surface area contributed by atoms with E-state index in [-0.39, 0.29) is 25.0 Å². The van der Waals surface area contributed by atoms with Crippen molar-refractivity contribution in [2.45, 2.75) is 26.4 Å². The number of hydrogen-bond acceptors (Lipinski definition) is 3. The molecule has 2 aromatic carbocycles. The summed E-state index contributed by atoms with van der Waals surface area (Å²) in [5, 5.41) is 3.57. The lowest BCUT2D eigenvalue weighted by atomic mass is 10.1. The molecule has 0 radical (unpaired) electrons. The predicted molar refractivity (Wildman–Crippen MR) is 120 cm³/mol. The molecule has 28 heavy (non-hydrogen) atoms. The van der Waals surface area contributed by atoms with Crippen LogP contribution in [-0.2, 0) is 16.1 Å². The van der Waals surface area contributed by atoms with Crippen molar-refractivity contribution >= 4 is 57.6 Å². The minimum atomic E-state index is -0.665. The van der Waals surface area contributed by atoms with E-state index < -0.39 is 6.04 Å². The topological polar surface area (TPSA) is 58.6 Å². The van der Waals surface area contributed by atoms with Crippen LogP contribution >= 0.6 is 45.8 Å². The fourth-order valence-corrected chi connectivity index (χ4v) is 3.18. The molecule has 2 rings (SSSR count). The van der Waals surface area contributed by atoms with Crippen molar-refractivity contribution in [2.24, 2.45) is 0 Å². The molecule has 1 atom stereocenters. The van der Waals surface area contributed by atoms with E-state index in [1.165, 1.54) is 4.90 Å². The Kier molecular flexibility index (Phi) is 8.85. The van der Waals surface area contributed by atoms with Gasteiger partial charge in [-0.1, -0.05) is 29.3 Å². The van der Waals surface area contributed by atoms with Crippen LogP contribution in [0.15, 0.2) is 42.5 Å². The van der Waals surface area contributed by atoms with E-state index in [1.54, 1.807) is 37.3 Å². The van der Waals surface area contributed by atoms with E-state index in [2.05, 4.69) is 27.9 Å². The summed E-state index contributed by atoms with van der Waals surface area (Å²) in [5.74, 6) is 0.0578. The molecule has 0 aromatic heterocycles. The molecule has 150 valence electrons. The molecule has 0 aliphatic heterocycles. The van der Waals surface area contributed by atoms with Crippen LogP contribution < -0.4 is 10.1 Å². The second-order valence-electron chi connectivity index (χ2n) is 6.08. The monoisotopic (exact) mass is 534 g/mol. The van der Waals surface area contributed by atoms with Gasteiger partial charge in [-0.2, -0.15) is 0 Å². The van der Waals surface area contributed by atoms with Crippen molar-refractivity contribution in [3.05, 3.63) is 61.6 Å². The first kappa shape index (κ1) is 22.8. The standard InChI is InChI=1S/C20H21Cl2IN2O3/c1-3-24-20(27)13(2)25(11-14-4-9-17(21)18(22)10-14)19(26)12-28-16-7-5-15(23)6-8-16/h4-10,13H,3,11-12H2,1-2H3,(H,24,27). The summed E-state index contributed by atoms with van der Waals surface area (Å²) in [6.45, 7) is 4.04. The quantitative estimate of drug-likeness (QED) is 0.506. The number of amides is 2. The zero-order valence-corrected chi connectivity index (χ0v) is 19.2. The average Bonchev–Trinajstić information content (AvgIpc) is 2.67. The molecule has 2 amide bonds. The van der Waals surface area contributed by atoms with Crippen molar-refractivity contribution in [1.29, 1.82) is 0 Å². The predicted octanol–water partition coefficient (Wildman–Crippen LogP) is 4.53. The number of benzene rings is 2. The Hall–Kier alpha value is -1.51. The lowest BCUT2D eigenvalue weighted by Crippen LogP contribution is -2.49. The van der Waals surface area contributed by atoms with E-state index in [9.17, 15) is 9.59 Å². The smallest absolute Gasteiger partial charge is 0.261 e. The Balaban J connectivity index is 2.15. The summed E-state index contributed by atoms with van der Waals surface area (Å²) in [6, 6.07) is 11.9. The minimum Gasteiger partial charge on any atom is -0.484 e. The third-order valence-corrected chi connectivity index (χ3v) is 5.49. The molecule has 0 fully saturated rings. The molecule has 0 aliphatic carbocycles. The van der Waals surface area contributed by atoms with E-state index in [0.29, 0.717) is 22.3 Å². The number of nitrogens with one attached hydrogen (secondary N) is 1. The lowest BCUT2D eigenvalue weighted by molar-refractivity contribution is -0.142. The van der Waals surface area contributed by atoms with Gasteiger partial charge >= 0.3 is 0 Å². The van der Waals surface area contributed by atoms with Crippen LogP contribution in [0, 0.1) is 3.57 Å². The van der Waals surface area contributed by atoms with Gasteiger partial charge in [-0.3, -0.25) is 9.59 Å². The fraction of sp³-hybridized carbons (Fsp3) is 0.300. The summed E-state index contributed by atoms with van der Waals surface area (Å²) in [7, 11) is 0. The molecule has 8 heteroatoms. The van der Waals surface area contributed by atoms with Crippen LogP contribution in [0.5, 0.6) is 5.75 Å². The highest BCUT2D eigenvalue weighted by atomic mass is 127. The molecular formula is C20H21Cl2IN2O3. The van der Waals surface area contributed by atoms with Gasteiger partial charge in [-0.25, -0.2) is 0 Å². The summed E-state index contributed by atoms with van der Waals surface area (Å²) in [4.78, 5) is 26.6. The second kappa shape index (κ2) is 10.9. The molecule has 0 spiro atoms. The largest absolute Gasteiger partial charge is 0.484 e. The van der Waals surface area contributed by atoms with Gasteiger partial charge in [0.05, 0.1) is 10.0 Å². The van der Waals surface area contributed by atoms with Crippen LogP contribution in [0.2, 0.25) is 10.0 Å². The van der Waals surface area contributed by atoms with Gasteiger partial charge in [-0.15, -0.1) is 0 Å². The second-order valence-corrected chi connectivity index (χ2v) is 8.14. The highest BCUT2D eigenvalue weighted by Crippen LogP contribution is 2.24. The van der Waals surface area contributed by atoms with Gasteiger partial charge in [0.15, 0.2) is 6.61 Å². The third-order valence-electron chi connectivity index (χ3n) is 4.03. The minimum absolute atomic E-state index is 0.175. The molecule has 5 nitrogen and oxygen atoms in total. The number of rotatable bonds is 8. The Labute approximate surface area is 188 Å². The first-order chi connectivity index (χ1) is 13.3. The SMILES string of the molecule is CCNC(=O)C(C)N(Cc1ccc(Cl)c(Cl)c1)C(=O)COc1ccc(I)cc1. The maximum absolute atomic E-state index is 12.9. The summed E-state index contributed by atoms with van der Waals surface area (Å²) in [5.41, 5.74) is 0.771. The zero-order chi connectivity index (χ0) is 20.7. The van der Waals surface area contributed by atoms with Crippen molar-refractivity contribution in [3.63, 3.8) is 0 Å². The molecule has 0 aliphatic rings. The Bertz CT molecular complexity index is 831. The van der Waals surface area contributed by atoms with Crippen LogP contribution in [-0.4, -0.2) is 35.9 Å². The molecule has 0 saturated heterocycles. The lowest BCUT2D eigenvalue weighted by Gasteiger charge is -2.28. The fourth-order valence-electron chi connectivity index (χ4n) is 2.50. The maximum atomic E-state index is 12.9. The van der Waals surface area contributed by atoms with Crippen molar-refractivity contribution < 1.29 is 14.3 Å². The molecule has 1 N–H and O–H groups in total. The Morgan fingerprint density at radius 1 is 1.14 bits per heavy atom. The van der Waals surface area contributed by atoms with E-state index in [1.807, 2.05) is 19.1 Å². The van der Waals surface area contributed by atoms with Crippen LogP contribution in [0.25, 0.3) is 0 Å². The molecular weight excluding hydrogens is 514 g/mol. The molecule has 0 heterocycles. The van der Waals surface area contributed by atoms with Gasteiger partial charge in [-0.05, 0) is 78.4 Å². The van der Waals surface area contributed by atoms with E-state index >= 15 is 0 Å². The molecule has 0 bridgehead atoms. The maximum Gasteiger partial charge on any atom is 0.261 e. The first-order valence-corrected chi connectivity index (χ1v) is 10.5. The van der Waals surface area contributed by atoms with Crippen LogP contribution in [0.4, 0.5) is 0 Å². The zero-order valence-electron chi connectivity index (χ0n) is 15.5. The highest BCUT2D eigenvalue weighted by Gasteiger charge is 2.26. The summed E-state index contributed by atoms with van der Waals surface area (Å²) in [6.07, 6.45) is 0. The number of hydrogen-bond donors (Lipinski definition) is 1. The van der Waals surface area contributed by atoms with Crippen molar-refractivity contribution in [2.75, 3.05) is 13.2 Å². The molecule has 2 aromatic rings. The van der Waals surface area contributed by atoms with Crippen LogP contribution in [0.3, 0.4) is 0 Å². The van der Waals surface area contributed by atoms with Crippen molar-refractivity contribution in [3.8, 4) is 5.75 Å². The Morgan fingerprint density at radius 3 is 2.43 bits per heavy atom. The van der Waals surface area contributed by atoms with E-state index in [4.69, 9.17) is 27.9 Å². The van der Waals surface area contributed by atoms with Crippen LogP contribution in [0.1, 0.15) is 19.4 Å². The number of likely N-dealkylation sites (N-methyl/N-ethyl adjacent to an activating group) is 1. The number of carbonyl (C=O) groups is 2. The summed E-state index contributed by atoms with van der Waals surface area (Å²) < 4.78 is 6.67. The van der Waals surface area contributed by atoms with Gasteiger partial charge in [0.1, 0.15) is 11.8 Å². The average molecular weight is 535 g/mol. The number of ether oxygens (including phenoxy) is 1. The Morgan fingerprint density at radius 2 is 1.82 bits per heavy atom. The highest BCUT2D eigenvalue weighted by molar-refractivity contribution is 14.1. The van der Waals surface area contributed by atoms with Gasteiger partial charge in [0, 0.05) is 16.7 Å². The third kappa shape index (κ3) is 6.53. The number of halogens is 3. The van der Waals surface area contributed by atoms with E-state index in [0.717, 1.165) is 9.13 Å². The number of carbonyl (C=O) groups excluding carboxylic acids is 2. The first-order valence-electron chi connectivity index (χ1n) is 8.71.